The molecule has 4 atom stereocenters. The average molecular weight is 447 g/mol. The third kappa shape index (κ3) is 4.18. The van der Waals surface area contributed by atoms with Crippen LogP contribution in [0.4, 0.5) is 4.39 Å². The van der Waals surface area contributed by atoms with Gasteiger partial charge in [0.25, 0.3) is 0 Å². The van der Waals surface area contributed by atoms with Crippen LogP contribution in [-0.2, 0) is 4.43 Å². The van der Waals surface area contributed by atoms with Crippen molar-refractivity contribution in [3.05, 3.63) is 33.6 Å². The second-order valence-electron chi connectivity index (χ2n) is 9.22. The average Bonchev–Trinajstić information content (AvgIpc) is 3.01. The summed E-state index contributed by atoms with van der Waals surface area (Å²) in [6.07, 6.45) is 2.12. The van der Waals surface area contributed by atoms with Gasteiger partial charge in [0.15, 0.2) is 8.32 Å². The van der Waals surface area contributed by atoms with Crippen LogP contribution in [0, 0.1) is 23.1 Å². The highest BCUT2D eigenvalue weighted by Gasteiger charge is 2.61. The van der Waals surface area contributed by atoms with Crippen LogP contribution in [0.2, 0.25) is 28.2 Å². The maximum absolute atomic E-state index is 14.2. The van der Waals surface area contributed by atoms with E-state index in [-0.39, 0.29) is 11.1 Å². The van der Waals surface area contributed by atoms with Crippen LogP contribution < -0.4 is 5.32 Å². The highest BCUT2D eigenvalue weighted by Crippen LogP contribution is 2.66. The van der Waals surface area contributed by atoms with Crippen LogP contribution in [0.25, 0.3) is 0 Å². The van der Waals surface area contributed by atoms with Gasteiger partial charge in [-0.3, -0.25) is 0 Å². The Labute approximate surface area is 180 Å². The van der Waals surface area contributed by atoms with Gasteiger partial charge in [-0.05, 0) is 60.4 Å². The minimum Gasteiger partial charge on any atom is -0.409 e. The second kappa shape index (κ2) is 8.54. The van der Waals surface area contributed by atoms with E-state index in [1.807, 2.05) is 0 Å². The lowest BCUT2D eigenvalue weighted by Gasteiger charge is -2.35. The molecule has 0 amide bonds. The van der Waals surface area contributed by atoms with Gasteiger partial charge in [0, 0.05) is 23.2 Å². The molecule has 0 heterocycles. The molecule has 2 aliphatic rings. The maximum atomic E-state index is 14.2. The number of halogens is 3. The largest absolute Gasteiger partial charge is 0.409 e. The van der Waals surface area contributed by atoms with E-state index < -0.39 is 14.1 Å². The van der Waals surface area contributed by atoms with Gasteiger partial charge in [-0.1, -0.05) is 57.8 Å². The van der Waals surface area contributed by atoms with E-state index >= 15 is 0 Å². The standard InChI is InChI=1S/C22H34Cl2FNOSi/c1-6-28(7-2,8-3)27-19(20-17(23)9-10-18(25)21(20)24)13-26-14-11-15-16(12-14)22(15,4)5/h9-10,14-16,19,26H,6-8,11-13H2,1-5H3/t14-,15+,16-,19?. The molecule has 0 spiro atoms. The van der Waals surface area contributed by atoms with Gasteiger partial charge in [0.1, 0.15) is 5.82 Å². The molecule has 0 saturated heterocycles. The summed E-state index contributed by atoms with van der Waals surface area (Å²) in [6.45, 7) is 12.0. The molecule has 2 nitrogen and oxygen atoms in total. The molecule has 0 radical (unpaired) electrons. The van der Waals surface area contributed by atoms with Crippen molar-refractivity contribution in [3.8, 4) is 0 Å². The van der Waals surface area contributed by atoms with Gasteiger partial charge in [-0.25, -0.2) is 4.39 Å². The fourth-order valence-electron chi connectivity index (χ4n) is 5.29. The first-order valence-electron chi connectivity index (χ1n) is 10.7. The van der Waals surface area contributed by atoms with Crippen molar-refractivity contribution in [2.45, 2.75) is 77.7 Å². The van der Waals surface area contributed by atoms with Crippen molar-refractivity contribution in [2.24, 2.45) is 17.3 Å². The second-order valence-corrected chi connectivity index (χ2v) is 14.7. The van der Waals surface area contributed by atoms with Crippen molar-refractivity contribution in [1.29, 1.82) is 0 Å². The van der Waals surface area contributed by atoms with Crippen LogP contribution in [0.1, 0.15) is 59.1 Å². The molecule has 2 saturated carbocycles. The summed E-state index contributed by atoms with van der Waals surface area (Å²) in [5, 5.41) is 4.29. The summed E-state index contributed by atoms with van der Waals surface area (Å²) < 4.78 is 21.0. The summed E-state index contributed by atoms with van der Waals surface area (Å²) in [6, 6.07) is 6.51. The number of fused-ring (bicyclic) bond motifs is 1. The summed E-state index contributed by atoms with van der Waals surface area (Å²) >= 11 is 12.8. The number of benzene rings is 1. The molecule has 28 heavy (non-hydrogen) atoms. The molecule has 2 fully saturated rings. The maximum Gasteiger partial charge on any atom is 0.192 e. The topological polar surface area (TPSA) is 21.3 Å². The SMILES string of the molecule is CC[Si](CC)(CC)OC(CN[C@H]1C[C@@H]2[C@H](C1)C2(C)C)c1c(Cl)ccc(F)c1Cl. The predicted octanol–water partition coefficient (Wildman–Crippen LogP) is 7.22. The Hall–Kier alpha value is -0.133. The van der Waals surface area contributed by atoms with E-state index in [1.54, 1.807) is 6.07 Å². The Morgan fingerprint density at radius 1 is 1.14 bits per heavy atom. The molecule has 3 rings (SSSR count). The van der Waals surface area contributed by atoms with E-state index in [1.165, 1.54) is 18.9 Å². The van der Waals surface area contributed by atoms with E-state index in [0.29, 0.717) is 28.6 Å². The quantitative estimate of drug-likeness (QED) is 0.319. The van der Waals surface area contributed by atoms with Crippen molar-refractivity contribution in [1.82, 2.24) is 5.32 Å². The summed E-state index contributed by atoms with van der Waals surface area (Å²) in [5.74, 6) is 1.23. The fraction of sp³-hybridized carbons (Fsp3) is 0.727. The zero-order valence-corrected chi connectivity index (χ0v) is 20.3. The van der Waals surface area contributed by atoms with Crippen LogP contribution in [-0.4, -0.2) is 20.9 Å². The van der Waals surface area contributed by atoms with Crippen LogP contribution in [0.5, 0.6) is 0 Å². The van der Waals surface area contributed by atoms with Crippen molar-refractivity contribution < 1.29 is 8.82 Å². The molecule has 2 aliphatic carbocycles. The number of hydrogen-bond donors (Lipinski definition) is 1. The lowest BCUT2D eigenvalue weighted by molar-refractivity contribution is 0.178. The molecule has 1 N–H and O–H groups in total. The Balaban J connectivity index is 1.78. The number of rotatable bonds is 9. The number of nitrogens with one attached hydrogen (secondary N) is 1. The third-order valence-electron chi connectivity index (χ3n) is 7.68. The molecule has 1 aromatic carbocycles. The fourth-order valence-corrected chi connectivity index (χ4v) is 8.70. The zero-order valence-electron chi connectivity index (χ0n) is 17.7. The minimum atomic E-state index is -1.91. The lowest BCUT2D eigenvalue weighted by atomic mass is 9.97. The predicted molar refractivity (Wildman–Crippen MR) is 119 cm³/mol. The molecule has 1 unspecified atom stereocenters. The monoisotopic (exact) mass is 445 g/mol. The molecule has 0 aromatic heterocycles. The summed E-state index contributed by atoms with van der Waals surface area (Å²) in [4.78, 5) is 0. The third-order valence-corrected chi connectivity index (χ3v) is 13.0. The molecule has 6 heteroatoms. The van der Waals surface area contributed by atoms with Crippen molar-refractivity contribution in [2.75, 3.05) is 6.54 Å². The van der Waals surface area contributed by atoms with Gasteiger partial charge >= 0.3 is 0 Å². The highest BCUT2D eigenvalue weighted by atomic mass is 35.5. The molecule has 1 aromatic rings. The van der Waals surface area contributed by atoms with Crippen LogP contribution >= 0.6 is 23.2 Å². The summed E-state index contributed by atoms with van der Waals surface area (Å²) in [7, 11) is -1.91. The molecule has 158 valence electrons. The normalized spacial score (nSPS) is 26.9. The van der Waals surface area contributed by atoms with E-state index in [2.05, 4.69) is 39.9 Å². The Morgan fingerprint density at radius 3 is 2.25 bits per heavy atom. The van der Waals surface area contributed by atoms with E-state index in [9.17, 15) is 4.39 Å². The Morgan fingerprint density at radius 2 is 1.71 bits per heavy atom. The first kappa shape index (κ1) is 22.5. The van der Waals surface area contributed by atoms with Gasteiger partial charge in [0.2, 0.25) is 0 Å². The molecule has 0 bridgehead atoms. The number of hydrogen-bond acceptors (Lipinski definition) is 2. The zero-order chi connectivity index (χ0) is 20.7. The highest BCUT2D eigenvalue weighted by molar-refractivity contribution is 6.73. The van der Waals surface area contributed by atoms with Gasteiger partial charge in [0.05, 0.1) is 11.1 Å². The van der Waals surface area contributed by atoms with E-state index in [0.717, 1.165) is 30.0 Å². The molecular weight excluding hydrogens is 412 g/mol. The molecular formula is C22H34Cl2FNOSi. The van der Waals surface area contributed by atoms with Crippen LogP contribution in [0.15, 0.2) is 12.1 Å². The van der Waals surface area contributed by atoms with Crippen LogP contribution in [0.3, 0.4) is 0 Å². The molecule has 0 aliphatic heterocycles. The summed E-state index contributed by atoms with van der Waals surface area (Å²) in [5.41, 5.74) is 1.12. The van der Waals surface area contributed by atoms with E-state index in [4.69, 9.17) is 27.6 Å². The lowest BCUT2D eigenvalue weighted by Crippen LogP contribution is -2.41. The smallest absolute Gasteiger partial charge is 0.192 e. The van der Waals surface area contributed by atoms with Gasteiger partial charge in [-0.2, -0.15) is 0 Å². The Kier molecular flexibility index (Phi) is 6.88. The van der Waals surface area contributed by atoms with Crippen molar-refractivity contribution >= 4 is 31.5 Å². The first-order valence-corrected chi connectivity index (χ1v) is 14.0. The van der Waals surface area contributed by atoms with Crippen molar-refractivity contribution in [3.63, 3.8) is 0 Å². The van der Waals surface area contributed by atoms with Gasteiger partial charge in [-0.15, -0.1) is 0 Å². The Bertz CT molecular complexity index is 688. The minimum absolute atomic E-state index is 0.0981. The van der Waals surface area contributed by atoms with Gasteiger partial charge < -0.3 is 9.74 Å². The first-order chi connectivity index (χ1) is 13.2.